The molecule has 6 rings (SSSR count). The summed E-state index contributed by atoms with van der Waals surface area (Å²) in [4.78, 5) is 24.8. The molecule has 2 atom stereocenters. The smallest absolute Gasteiger partial charge is 0.162 e. The zero-order valence-electron chi connectivity index (χ0n) is 18.3. The molecule has 6 heteroatoms. The van der Waals surface area contributed by atoms with Gasteiger partial charge in [0, 0.05) is 35.6 Å². The van der Waals surface area contributed by atoms with Crippen LogP contribution in [0.4, 0.5) is 5.69 Å². The Bertz CT molecular complexity index is 1450. The summed E-state index contributed by atoms with van der Waals surface area (Å²) in [6.07, 6.45) is 4.47. The van der Waals surface area contributed by atoms with Crippen LogP contribution < -0.4 is 10.6 Å². The standard InChI is InChI=1S/C28H21N5O/c29-15-21-25(18-9-6-12-31-16-18)26-23(13-19(14-24(26)34)17-7-2-1-3-8-17)33-22-11-5-4-10-20(22)27(30)32-28(21)33/h1-12,16,19,25H,13-14H2,(H2,30,32)/t19-,25-/m1/s1. The van der Waals surface area contributed by atoms with Crippen molar-refractivity contribution < 1.29 is 4.79 Å². The van der Waals surface area contributed by atoms with Gasteiger partial charge < -0.3 is 5.73 Å². The molecule has 3 heterocycles. The lowest BCUT2D eigenvalue weighted by Crippen LogP contribution is -2.40. The molecule has 0 amide bonds. The second-order valence-corrected chi connectivity index (χ2v) is 8.72. The summed E-state index contributed by atoms with van der Waals surface area (Å²) in [5.41, 5.74) is 11.9. The van der Waals surface area contributed by atoms with Crippen LogP contribution in [0.25, 0.3) is 0 Å². The number of benzene rings is 2. The number of carbonyl (C=O) groups excluding carboxylic acids is 1. The summed E-state index contributed by atoms with van der Waals surface area (Å²) in [6.45, 7) is 0. The van der Waals surface area contributed by atoms with Crippen molar-refractivity contribution in [2.45, 2.75) is 24.7 Å². The quantitative estimate of drug-likeness (QED) is 0.627. The summed E-state index contributed by atoms with van der Waals surface area (Å²) >= 11 is 0. The van der Waals surface area contributed by atoms with Crippen LogP contribution in [0.15, 0.2) is 107 Å². The van der Waals surface area contributed by atoms with Crippen molar-refractivity contribution in [1.29, 1.82) is 5.26 Å². The van der Waals surface area contributed by atoms with E-state index in [0.717, 1.165) is 28.1 Å². The maximum atomic E-state index is 13.8. The Morgan fingerprint density at radius 2 is 1.74 bits per heavy atom. The summed E-state index contributed by atoms with van der Waals surface area (Å²) in [5, 5.41) is 10.3. The first kappa shape index (κ1) is 20.1. The van der Waals surface area contributed by atoms with Crippen molar-refractivity contribution in [2.75, 3.05) is 4.90 Å². The third kappa shape index (κ3) is 2.98. The molecule has 2 aromatic carbocycles. The molecule has 2 N–H and O–H groups in total. The fourth-order valence-corrected chi connectivity index (χ4v) is 5.36. The molecule has 0 unspecified atom stereocenters. The highest BCUT2D eigenvalue weighted by atomic mass is 16.1. The second-order valence-electron chi connectivity index (χ2n) is 8.72. The molecule has 0 bridgehead atoms. The number of para-hydroxylation sites is 1. The van der Waals surface area contributed by atoms with Crippen LogP contribution >= 0.6 is 0 Å². The van der Waals surface area contributed by atoms with E-state index in [9.17, 15) is 10.1 Å². The number of pyridine rings is 1. The number of nitrogens with zero attached hydrogens (tertiary/aromatic N) is 4. The Hall–Kier alpha value is -4.50. The fraction of sp³-hybridized carbons (Fsp3) is 0.143. The van der Waals surface area contributed by atoms with E-state index in [1.807, 2.05) is 59.5 Å². The van der Waals surface area contributed by atoms with Crippen LogP contribution in [0, 0.1) is 11.3 Å². The molecule has 34 heavy (non-hydrogen) atoms. The highest BCUT2D eigenvalue weighted by Crippen LogP contribution is 2.51. The van der Waals surface area contributed by atoms with E-state index < -0.39 is 5.92 Å². The Balaban J connectivity index is 1.62. The van der Waals surface area contributed by atoms with Crippen LogP contribution in [-0.4, -0.2) is 16.6 Å². The van der Waals surface area contributed by atoms with Gasteiger partial charge in [0.05, 0.1) is 23.2 Å². The summed E-state index contributed by atoms with van der Waals surface area (Å²) in [6, 6.07) is 24.0. The zero-order valence-corrected chi connectivity index (χ0v) is 18.3. The SMILES string of the molecule is N#CC1=C2N=C(N)c3ccccc3N2C2=C(C(=O)C[C@H](c3ccccc3)C2)[C@@H]1c1cccnc1. The molecular formula is C28H21N5O. The number of hydrogen-bond acceptors (Lipinski definition) is 6. The van der Waals surface area contributed by atoms with Crippen molar-refractivity contribution in [3.63, 3.8) is 0 Å². The van der Waals surface area contributed by atoms with Crippen LogP contribution in [0.1, 0.15) is 41.4 Å². The number of nitriles is 1. The van der Waals surface area contributed by atoms with Crippen molar-refractivity contribution in [3.8, 4) is 6.07 Å². The molecule has 3 aliphatic rings. The first-order valence-corrected chi connectivity index (χ1v) is 11.3. The van der Waals surface area contributed by atoms with Gasteiger partial charge >= 0.3 is 0 Å². The number of hydrogen-bond donors (Lipinski definition) is 1. The predicted molar refractivity (Wildman–Crippen MR) is 130 cm³/mol. The summed E-state index contributed by atoms with van der Waals surface area (Å²) in [7, 11) is 0. The second kappa shape index (κ2) is 7.82. The molecule has 0 fully saturated rings. The van der Waals surface area contributed by atoms with Gasteiger partial charge in [-0.3, -0.25) is 14.7 Å². The number of carbonyl (C=O) groups is 1. The molecule has 3 aromatic rings. The van der Waals surface area contributed by atoms with Gasteiger partial charge in [-0.2, -0.15) is 5.26 Å². The van der Waals surface area contributed by atoms with Crippen molar-refractivity contribution in [1.82, 2.24) is 4.98 Å². The predicted octanol–water partition coefficient (Wildman–Crippen LogP) is 4.54. The lowest BCUT2D eigenvalue weighted by molar-refractivity contribution is -0.116. The topological polar surface area (TPSA) is 95.4 Å². The van der Waals surface area contributed by atoms with E-state index in [-0.39, 0.29) is 11.7 Å². The Morgan fingerprint density at radius 3 is 2.50 bits per heavy atom. The molecular weight excluding hydrogens is 422 g/mol. The van der Waals surface area contributed by atoms with Gasteiger partial charge in [0.1, 0.15) is 5.84 Å². The normalized spacial score (nSPS) is 21.3. The van der Waals surface area contributed by atoms with Gasteiger partial charge in [-0.25, -0.2) is 4.99 Å². The van der Waals surface area contributed by atoms with Crippen molar-refractivity contribution >= 4 is 17.3 Å². The molecule has 2 aliphatic heterocycles. The number of fused-ring (bicyclic) bond motifs is 4. The van der Waals surface area contributed by atoms with Crippen molar-refractivity contribution in [3.05, 3.63) is 118 Å². The van der Waals surface area contributed by atoms with Crippen LogP contribution in [-0.2, 0) is 4.79 Å². The third-order valence-electron chi connectivity index (χ3n) is 6.84. The number of aliphatic imine (C=N–C) groups is 1. The molecule has 1 aliphatic carbocycles. The summed E-state index contributed by atoms with van der Waals surface area (Å²) < 4.78 is 0. The van der Waals surface area contributed by atoms with Crippen LogP contribution in [0.3, 0.4) is 0 Å². The van der Waals surface area contributed by atoms with E-state index in [4.69, 9.17) is 10.7 Å². The number of nitrogens with two attached hydrogens (primary N) is 1. The van der Waals surface area contributed by atoms with Gasteiger partial charge in [-0.1, -0.05) is 48.5 Å². The largest absolute Gasteiger partial charge is 0.383 e. The van der Waals surface area contributed by atoms with Crippen LogP contribution in [0.5, 0.6) is 0 Å². The number of aromatic nitrogens is 1. The van der Waals surface area contributed by atoms with Crippen molar-refractivity contribution in [2.24, 2.45) is 10.7 Å². The molecule has 1 aromatic heterocycles. The summed E-state index contributed by atoms with van der Waals surface area (Å²) in [5.74, 6) is 0.433. The van der Waals surface area contributed by atoms with E-state index in [1.54, 1.807) is 12.4 Å². The molecule has 0 saturated heterocycles. The lowest BCUT2D eigenvalue weighted by atomic mass is 9.72. The lowest BCUT2D eigenvalue weighted by Gasteiger charge is -2.43. The van der Waals surface area contributed by atoms with E-state index >= 15 is 0 Å². The van der Waals surface area contributed by atoms with Crippen LogP contribution in [0.2, 0.25) is 0 Å². The minimum Gasteiger partial charge on any atom is -0.383 e. The van der Waals surface area contributed by atoms with E-state index in [2.05, 4.69) is 23.2 Å². The minimum absolute atomic E-state index is 0.0438. The number of anilines is 1. The van der Waals surface area contributed by atoms with Gasteiger partial charge in [-0.05, 0) is 41.7 Å². The average Bonchev–Trinajstić information content (AvgIpc) is 2.89. The number of ketones is 1. The fourth-order valence-electron chi connectivity index (χ4n) is 5.36. The molecule has 0 spiro atoms. The molecule has 0 saturated carbocycles. The maximum Gasteiger partial charge on any atom is 0.162 e. The molecule has 164 valence electrons. The molecule has 0 radical (unpaired) electrons. The van der Waals surface area contributed by atoms with Gasteiger partial charge in [0.2, 0.25) is 0 Å². The van der Waals surface area contributed by atoms with Gasteiger partial charge in [0.15, 0.2) is 11.6 Å². The van der Waals surface area contributed by atoms with Gasteiger partial charge in [0.25, 0.3) is 0 Å². The third-order valence-corrected chi connectivity index (χ3v) is 6.84. The highest BCUT2D eigenvalue weighted by molar-refractivity contribution is 6.08. The maximum absolute atomic E-state index is 13.8. The van der Waals surface area contributed by atoms with E-state index in [0.29, 0.717) is 35.6 Å². The first-order valence-electron chi connectivity index (χ1n) is 11.3. The number of rotatable bonds is 2. The Kier molecular flexibility index (Phi) is 4.63. The highest BCUT2D eigenvalue weighted by Gasteiger charge is 2.45. The first-order chi connectivity index (χ1) is 16.7. The van der Waals surface area contributed by atoms with Gasteiger partial charge in [-0.15, -0.1) is 0 Å². The number of Topliss-reactive ketones (excluding diaryl/α,β-unsaturated/α-hetero) is 1. The Labute approximate surface area is 197 Å². The number of allylic oxidation sites excluding steroid dienone is 3. The monoisotopic (exact) mass is 443 g/mol. The average molecular weight is 444 g/mol. The van der Waals surface area contributed by atoms with E-state index in [1.165, 1.54) is 0 Å². The Morgan fingerprint density at radius 1 is 0.971 bits per heavy atom. The molecule has 6 nitrogen and oxygen atoms in total. The number of amidine groups is 1. The minimum atomic E-state index is -0.522. The zero-order chi connectivity index (χ0) is 23.2.